The molecule has 0 amide bonds. The average Bonchev–Trinajstić information content (AvgIpc) is 2.43. The zero-order valence-corrected chi connectivity index (χ0v) is 9.23. The number of carbonyl (C=O) groups excluding carboxylic acids is 1. The van der Waals surface area contributed by atoms with Crippen molar-refractivity contribution in [3.63, 3.8) is 0 Å². The highest BCUT2D eigenvalue weighted by Gasteiger charge is 1.98. The van der Waals surface area contributed by atoms with Crippen molar-refractivity contribution in [3.05, 3.63) is 72.3 Å². The molecule has 17 heavy (non-hydrogen) atoms. The van der Waals surface area contributed by atoms with Gasteiger partial charge >= 0.3 is 0 Å². The number of ketones is 1. The van der Waals surface area contributed by atoms with Crippen molar-refractivity contribution in [3.8, 4) is 0 Å². The Morgan fingerprint density at radius 3 is 1.71 bits per heavy atom. The molecule has 0 unspecified atom stereocenters. The van der Waals surface area contributed by atoms with Crippen LogP contribution in [-0.2, 0) is 0 Å². The van der Waals surface area contributed by atoms with E-state index in [-0.39, 0.29) is 5.78 Å². The Morgan fingerprint density at radius 2 is 1.29 bits per heavy atom. The molecule has 2 aromatic rings. The van der Waals surface area contributed by atoms with E-state index in [4.69, 9.17) is 5.21 Å². The molecule has 0 fully saturated rings. The molecular formula is C14H13NO2. The van der Waals surface area contributed by atoms with Crippen LogP contribution in [0.2, 0.25) is 0 Å². The first kappa shape index (κ1) is 12.6. The van der Waals surface area contributed by atoms with Gasteiger partial charge in [-0.3, -0.25) is 4.79 Å². The maximum atomic E-state index is 10.9. The van der Waals surface area contributed by atoms with Gasteiger partial charge in [0.05, 0.1) is 0 Å². The van der Waals surface area contributed by atoms with Crippen LogP contribution in [0, 0.1) is 0 Å². The lowest BCUT2D eigenvalue weighted by Crippen LogP contribution is -1.98. The lowest BCUT2D eigenvalue weighted by Gasteiger charge is -1.90. The number of oxime groups is 1. The monoisotopic (exact) mass is 227 g/mol. The predicted molar refractivity (Wildman–Crippen MR) is 67.5 cm³/mol. The molecule has 0 aliphatic carbocycles. The zero-order valence-electron chi connectivity index (χ0n) is 9.23. The molecule has 86 valence electrons. The molecule has 0 saturated carbocycles. The van der Waals surface area contributed by atoms with E-state index in [9.17, 15) is 4.79 Å². The Labute approximate surface area is 100 Å². The van der Waals surface area contributed by atoms with E-state index in [1.54, 1.807) is 24.3 Å². The van der Waals surface area contributed by atoms with Gasteiger partial charge in [-0.05, 0) is 0 Å². The van der Waals surface area contributed by atoms with Gasteiger partial charge < -0.3 is 5.21 Å². The molecule has 1 N–H and O–H groups in total. The van der Waals surface area contributed by atoms with Crippen LogP contribution in [0.5, 0.6) is 0 Å². The topological polar surface area (TPSA) is 49.7 Å². The first-order valence-corrected chi connectivity index (χ1v) is 5.11. The van der Waals surface area contributed by atoms with E-state index in [1.165, 1.54) is 0 Å². The molecule has 0 aromatic heterocycles. The minimum atomic E-state index is -0.298. The first-order chi connectivity index (χ1) is 8.34. The third-order valence-corrected chi connectivity index (χ3v) is 1.90. The molecule has 0 atom stereocenters. The molecule has 0 aliphatic rings. The highest BCUT2D eigenvalue weighted by Crippen LogP contribution is 1.97. The second-order valence-electron chi connectivity index (χ2n) is 3.13. The third kappa shape index (κ3) is 5.28. The largest absolute Gasteiger partial charge is 0.411 e. The molecule has 3 heteroatoms. The van der Waals surface area contributed by atoms with Gasteiger partial charge in [-0.2, -0.15) is 0 Å². The Hall–Kier alpha value is -2.42. The van der Waals surface area contributed by atoms with Crippen LogP contribution >= 0.6 is 0 Å². The quantitative estimate of drug-likeness (QED) is 0.371. The number of Topliss-reactive ketones (excluding diaryl/α,β-unsaturated/α-hetero) is 1. The molecule has 0 bridgehead atoms. The highest BCUT2D eigenvalue weighted by molar-refractivity contribution is 6.35. The fourth-order valence-electron chi connectivity index (χ4n) is 1.11. The number of hydrogen-bond donors (Lipinski definition) is 1. The molecule has 0 heterocycles. The molecule has 2 aromatic carbocycles. The normalized spacial score (nSPS) is 9.41. The van der Waals surface area contributed by atoms with Crippen LogP contribution in [0.15, 0.2) is 71.9 Å². The molecular weight excluding hydrogens is 214 g/mol. The van der Waals surface area contributed by atoms with Gasteiger partial charge in [0.15, 0.2) is 0 Å². The highest BCUT2D eigenvalue weighted by atomic mass is 16.4. The number of carbonyl (C=O) groups is 1. The van der Waals surface area contributed by atoms with Crippen molar-refractivity contribution >= 4 is 12.0 Å². The SMILES string of the molecule is O=C(C=NO)c1ccccc1.c1ccccc1. The number of hydrogen-bond acceptors (Lipinski definition) is 3. The van der Waals surface area contributed by atoms with E-state index < -0.39 is 0 Å². The Balaban J connectivity index is 0.000000202. The maximum absolute atomic E-state index is 10.9. The summed E-state index contributed by atoms with van der Waals surface area (Å²) >= 11 is 0. The third-order valence-electron chi connectivity index (χ3n) is 1.90. The van der Waals surface area contributed by atoms with E-state index >= 15 is 0 Å². The first-order valence-electron chi connectivity index (χ1n) is 5.11. The second kappa shape index (κ2) is 7.82. The minimum absolute atomic E-state index is 0.298. The van der Waals surface area contributed by atoms with Gasteiger partial charge in [0.25, 0.3) is 0 Å². The van der Waals surface area contributed by atoms with Gasteiger partial charge in [0, 0.05) is 5.56 Å². The zero-order chi connectivity index (χ0) is 12.3. The molecule has 2 rings (SSSR count). The fraction of sp³-hybridized carbons (Fsp3) is 0. The Bertz CT molecular complexity index is 425. The van der Waals surface area contributed by atoms with Crippen LogP contribution in [0.4, 0.5) is 0 Å². The number of benzene rings is 2. The van der Waals surface area contributed by atoms with Crippen molar-refractivity contribution < 1.29 is 10.0 Å². The van der Waals surface area contributed by atoms with Gasteiger partial charge in [-0.1, -0.05) is 71.9 Å². The van der Waals surface area contributed by atoms with Gasteiger partial charge in [0.1, 0.15) is 6.21 Å². The van der Waals surface area contributed by atoms with E-state index in [2.05, 4.69) is 5.16 Å². The van der Waals surface area contributed by atoms with Crippen LogP contribution < -0.4 is 0 Å². The maximum Gasteiger partial charge on any atom is 0.207 e. The molecule has 0 radical (unpaired) electrons. The van der Waals surface area contributed by atoms with Gasteiger partial charge in [-0.25, -0.2) is 0 Å². The summed E-state index contributed by atoms with van der Waals surface area (Å²) in [5.41, 5.74) is 0.519. The smallest absolute Gasteiger partial charge is 0.207 e. The standard InChI is InChI=1S/C8H7NO2.C6H6/c10-8(6-9-11)7-4-2-1-3-5-7;1-2-4-6-5-3-1/h1-6,11H;1-6H. The summed E-state index contributed by atoms with van der Waals surface area (Å²) in [5, 5.41) is 10.7. The van der Waals surface area contributed by atoms with Crippen LogP contribution in [0.1, 0.15) is 10.4 Å². The lowest BCUT2D eigenvalue weighted by molar-refractivity contribution is 0.106. The summed E-state index contributed by atoms with van der Waals surface area (Å²) in [6.45, 7) is 0. The summed E-state index contributed by atoms with van der Waals surface area (Å²) in [6, 6.07) is 20.6. The summed E-state index contributed by atoms with van der Waals surface area (Å²) in [4.78, 5) is 10.9. The van der Waals surface area contributed by atoms with Crippen LogP contribution in [0.25, 0.3) is 0 Å². The van der Waals surface area contributed by atoms with Gasteiger partial charge in [0.2, 0.25) is 5.78 Å². The molecule has 3 nitrogen and oxygen atoms in total. The number of nitrogens with zero attached hydrogens (tertiary/aromatic N) is 1. The summed E-state index contributed by atoms with van der Waals surface area (Å²) in [6.07, 6.45) is 0.870. The Kier molecular flexibility index (Phi) is 5.82. The van der Waals surface area contributed by atoms with Crippen molar-refractivity contribution in [2.24, 2.45) is 5.16 Å². The van der Waals surface area contributed by atoms with Gasteiger partial charge in [-0.15, -0.1) is 0 Å². The summed E-state index contributed by atoms with van der Waals surface area (Å²) in [7, 11) is 0. The molecule has 0 spiro atoms. The van der Waals surface area contributed by atoms with Crippen LogP contribution in [0.3, 0.4) is 0 Å². The summed E-state index contributed by atoms with van der Waals surface area (Å²) in [5.74, 6) is -0.298. The van der Waals surface area contributed by atoms with Crippen LogP contribution in [-0.4, -0.2) is 17.2 Å². The fourth-order valence-corrected chi connectivity index (χ4v) is 1.11. The molecule has 0 aliphatic heterocycles. The van der Waals surface area contributed by atoms with E-state index in [0.29, 0.717) is 5.56 Å². The van der Waals surface area contributed by atoms with E-state index in [1.807, 2.05) is 42.5 Å². The average molecular weight is 227 g/mol. The van der Waals surface area contributed by atoms with Crippen molar-refractivity contribution in [1.29, 1.82) is 0 Å². The second-order valence-corrected chi connectivity index (χ2v) is 3.13. The number of rotatable bonds is 2. The van der Waals surface area contributed by atoms with Crippen molar-refractivity contribution in [2.75, 3.05) is 0 Å². The van der Waals surface area contributed by atoms with E-state index in [0.717, 1.165) is 6.21 Å². The summed E-state index contributed by atoms with van der Waals surface area (Å²) < 4.78 is 0. The van der Waals surface area contributed by atoms with Crippen molar-refractivity contribution in [1.82, 2.24) is 0 Å². The van der Waals surface area contributed by atoms with Crippen molar-refractivity contribution in [2.45, 2.75) is 0 Å². The Morgan fingerprint density at radius 1 is 0.882 bits per heavy atom. The lowest BCUT2D eigenvalue weighted by atomic mass is 10.1. The minimum Gasteiger partial charge on any atom is -0.411 e. The predicted octanol–water partition coefficient (Wildman–Crippen LogP) is 3.02. The molecule has 0 saturated heterocycles.